The molecule has 5 nitrogen and oxygen atoms in total. The summed E-state index contributed by atoms with van der Waals surface area (Å²) in [4.78, 5) is 0. The third kappa shape index (κ3) is 9.48. The average Bonchev–Trinajstić information content (AvgIpc) is 1.81. The van der Waals surface area contributed by atoms with Crippen molar-refractivity contribution in [2.24, 2.45) is 0 Å². The molecule has 3 N–H and O–H groups in total. The molecule has 0 aromatic carbocycles. The predicted molar refractivity (Wildman–Crippen MR) is 50.1 cm³/mol. The number of rotatable bonds is 6. The zero-order valence-electron chi connectivity index (χ0n) is 7.52. The zero-order valence-corrected chi connectivity index (χ0v) is 8.34. The second kappa shape index (κ2) is 5.33. The van der Waals surface area contributed by atoms with E-state index in [1.54, 1.807) is 0 Å². The van der Waals surface area contributed by atoms with Crippen molar-refractivity contribution in [2.45, 2.75) is 13.0 Å². The fourth-order valence-corrected chi connectivity index (χ4v) is 1.36. The summed E-state index contributed by atoms with van der Waals surface area (Å²) >= 11 is 0. The van der Waals surface area contributed by atoms with E-state index in [1.165, 1.54) is 0 Å². The molecular weight excluding hydrogens is 194 g/mol. The molecule has 78 valence electrons. The van der Waals surface area contributed by atoms with Crippen LogP contribution in [0.4, 0.5) is 0 Å². The van der Waals surface area contributed by atoms with E-state index in [1.807, 2.05) is 6.92 Å². The first-order valence-electron chi connectivity index (χ1n) is 3.79. The topological polar surface area (TPSA) is 86.6 Å². The maximum Gasteiger partial charge on any atom is 0.267 e. The Hall–Kier alpha value is -0.430. The van der Waals surface area contributed by atoms with Gasteiger partial charge in [0, 0.05) is 13.1 Å². The lowest BCUT2D eigenvalue weighted by molar-refractivity contribution is 0.192. The first kappa shape index (κ1) is 12.6. The molecule has 1 unspecified atom stereocenters. The molecule has 13 heavy (non-hydrogen) atoms. The third-order valence-corrected chi connectivity index (χ3v) is 2.02. The van der Waals surface area contributed by atoms with Gasteiger partial charge >= 0.3 is 0 Å². The Balaban J connectivity index is 3.64. The summed E-state index contributed by atoms with van der Waals surface area (Å²) in [5, 5.41) is 11.8. The molecule has 0 saturated heterocycles. The van der Waals surface area contributed by atoms with Crippen molar-refractivity contribution in [3.8, 4) is 0 Å². The van der Waals surface area contributed by atoms with E-state index in [-0.39, 0.29) is 6.54 Å². The van der Waals surface area contributed by atoms with Crippen LogP contribution in [0.15, 0.2) is 12.2 Å². The van der Waals surface area contributed by atoms with Crippen LogP contribution in [0.2, 0.25) is 0 Å². The van der Waals surface area contributed by atoms with Gasteiger partial charge in [0.2, 0.25) is 0 Å². The summed E-state index contributed by atoms with van der Waals surface area (Å²) in [6, 6.07) is 0. The summed E-state index contributed by atoms with van der Waals surface area (Å²) in [7, 11) is -4.09. The maximum atomic E-state index is 10.3. The highest BCUT2D eigenvalue weighted by atomic mass is 32.2. The van der Waals surface area contributed by atoms with Gasteiger partial charge in [0.15, 0.2) is 0 Å². The zero-order chi connectivity index (χ0) is 10.5. The predicted octanol–water partition coefficient (Wildman–Crippen LogP) is -0.599. The average molecular weight is 209 g/mol. The first-order chi connectivity index (χ1) is 5.81. The Morgan fingerprint density at radius 2 is 2.15 bits per heavy atom. The molecule has 0 radical (unpaired) electrons. The number of aliphatic hydroxyl groups is 1. The van der Waals surface area contributed by atoms with E-state index in [4.69, 9.17) is 9.66 Å². The minimum atomic E-state index is -4.09. The Bertz CT molecular complexity index is 260. The standard InChI is InChI=1S/C7H15NO4S/c1-6(2)3-8-4-7(9)5-13(10,11)12/h7-9H,1,3-5H2,2H3,(H,10,11,12). The number of nitrogens with one attached hydrogen (secondary N) is 1. The molecule has 0 amide bonds. The van der Waals surface area contributed by atoms with Crippen LogP contribution in [0.25, 0.3) is 0 Å². The van der Waals surface area contributed by atoms with Crippen molar-refractivity contribution >= 4 is 10.1 Å². The summed E-state index contributed by atoms with van der Waals surface area (Å²) in [6.07, 6.45) is -1.09. The number of hydrogen-bond acceptors (Lipinski definition) is 4. The monoisotopic (exact) mass is 209 g/mol. The molecule has 0 spiro atoms. The van der Waals surface area contributed by atoms with Crippen molar-refractivity contribution in [3.05, 3.63) is 12.2 Å². The van der Waals surface area contributed by atoms with Crippen molar-refractivity contribution in [2.75, 3.05) is 18.8 Å². The van der Waals surface area contributed by atoms with Crippen molar-refractivity contribution in [1.82, 2.24) is 5.32 Å². The van der Waals surface area contributed by atoms with Gasteiger partial charge in [-0.15, -0.1) is 0 Å². The molecule has 0 aromatic heterocycles. The van der Waals surface area contributed by atoms with Gasteiger partial charge in [-0.05, 0) is 6.92 Å². The fraction of sp³-hybridized carbons (Fsp3) is 0.714. The molecule has 0 heterocycles. The van der Waals surface area contributed by atoms with Gasteiger partial charge in [0.1, 0.15) is 5.75 Å². The van der Waals surface area contributed by atoms with Crippen LogP contribution in [0, 0.1) is 0 Å². The van der Waals surface area contributed by atoms with Gasteiger partial charge in [-0.2, -0.15) is 8.42 Å². The summed E-state index contributed by atoms with van der Waals surface area (Å²) in [6.45, 7) is 6.06. The van der Waals surface area contributed by atoms with E-state index in [0.29, 0.717) is 6.54 Å². The molecule has 0 bridgehead atoms. The molecule has 0 saturated carbocycles. The normalized spacial score (nSPS) is 14.1. The minimum Gasteiger partial charge on any atom is -0.391 e. The van der Waals surface area contributed by atoms with Crippen molar-refractivity contribution < 1.29 is 18.1 Å². The molecule has 0 aliphatic heterocycles. The number of aliphatic hydroxyl groups excluding tert-OH is 1. The van der Waals surface area contributed by atoms with Gasteiger partial charge in [0.05, 0.1) is 6.10 Å². The smallest absolute Gasteiger partial charge is 0.267 e. The van der Waals surface area contributed by atoms with Gasteiger partial charge in [-0.1, -0.05) is 12.2 Å². The van der Waals surface area contributed by atoms with Gasteiger partial charge in [-0.25, -0.2) is 0 Å². The quantitative estimate of drug-likeness (QED) is 0.402. The van der Waals surface area contributed by atoms with Crippen molar-refractivity contribution in [3.63, 3.8) is 0 Å². The minimum absolute atomic E-state index is 0.118. The van der Waals surface area contributed by atoms with Gasteiger partial charge < -0.3 is 10.4 Å². The molecule has 0 rings (SSSR count). The van der Waals surface area contributed by atoms with Crippen LogP contribution < -0.4 is 5.32 Å². The van der Waals surface area contributed by atoms with Crippen LogP contribution in [0.1, 0.15) is 6.92 Å². The molecule has 1 atom stereocenters. The van der Waals surface area contributed by atoms with Crippen LogP contribution >= 0.6 is 0 Å². The highest BCUT2D eigenvalue weighted by Gasteiger charge is 2.12. The van der Waals surface area contributed by atoms with Crippen LogP contribution in [-0.4, -0.2) is 43.0 Å². The molecule has 6 heteroatoms. The Morgan fingerprint density at radius 3 is 2.54 bits per heavy atom. The molecule has 0 aliphatic carbocycles. The molecular formula is C7H15NO4S. The van der Waals surface area contributed by atoms with Gasteiger partial charge in [0.25, 0.3) is 10.1 Å². The second-order valence-electron chi connectivity index (χ2n) is 2.99. The van der Waals surface area contributed by atoms with Crippen molar-refractivity contribution in [1.29, 1.82) is 0 Å². The Kier molecular flexibility index (Phi) is 5.16. The van der Waals surface area contributed by atoms with E-state index < -0.39 is 22.0 Å². The lowest BCUT2D eigenvalue weighted by atomic mass is 10.3. The lowest BCUT2D eigenvalue weighted by Gasteiger charge is -2.09. The molecule has 0 aromatic rings. The Labute approximate surface area is 78.2 Å². The van der Waals surface area contributed by atoms with Crippen LogP contribution in [0.5, 0.6) is 0 Å². The lowest BCUT2D eigenvalue weighted by Crippen LogP contribution is -2.32. The van der Waals surface area contributed by atoms with E-state index in [0.717, 1.165) is 5.57 Å². The third-order valence-electron chi connectivity index (χ3n) is 1.21. The van der Waals surface area contributed by atoms with Crippen LogP contribution in [-0.2, 0) is 10.1 Å². The number of hydrogen-bond donors (Lipinski definition) is 3. The maximum absolute atomic E-state index is 10.3. The fourth-order valence-electron chi connectivity index (χ4n) is 0.754. The van der Waals surface area contributed by atoms with E-state index >= 15 is 0 Å². The first-order valence-corrected chi connectivity index (χ1v) is 5.40. The highest BCUT2D eigenvalue weighted by molar-refractivity contribution is 7.85. The summed E-state index contributed by atoms with van der Waals surface area (Å²) < 4.78 is 28.9. The largest absolute Gasteiger partial charge is 0.391 e. The van der Waals surface area contributed by atoms with Crippen LogP contribution in [0.3, 0.4) is 0 Å². The SMILES string of the molecule is C=C(C)CNCC(O)CS(=O)(=O)O. The second-order valence-corrected chi connectivity index (χ2v) is 4.49. The molecule has 0 fully saturated rings. The molecule has 0 aliphatic rings. The Morgan fingerprint density at radius 1 is 1.62 bits per heavy atom. The summed E-state index contributed by atoms with van der Waals surface area (Å²) in [5.74, 6) is -0.643. The van der Waals surface area contributed by atoms with E-state index in [2.05, 4.69) is 11.9 Å². The van der Waals surface area contributed by atoms with Gasteiger partial charge in [-0.3, -0.25) is 4.55 Å². The van der Waals surface area contributed by atoms with E-state index in [9.17, 15) is 8.42 Å². The highest BCUT2D eigenvalue weighted by Crippen LogP contribution is 1.89. The summed E-state index contributed by atoms with van der Waals surface area (Å²) in [5.41, 5.74) is 0.888.